The largest absolute Gasteiger partial charge is 0.466 e. The van der Waals surface area contributed by atoms with Crippen molar-refractivity contribution in [3.05, 3.63) is 58.8 Å². The number of carbonyl (C=O) groups excluding carboxylic acids is 2. The van der Waals surface area contributed by atoms with E-state index in [1.165, 1.54) is 0 Å². The van der Waals surface area contributed by atoms with Gasteiger partial charge in [-0.3, -0.25) is 14.4 Å². The number of aromatic nitrogens is 1. The monoisotopic (exact) mass is 406 g/mol. The zero-order valence-corrected chi connectivity index (χ0v) is 17.2. The number of nitrogens with zero attached hydrogens (tertiary/aromatic N) is 2. The van der Waals surface area contributed by atoms with Crippen LogP contribution in [-0.4, -0.2) is 41.0 Å². The molecule has 0 N–H and O–H groups in total. The molecule has 0 bridgehead atoms. The van der Waals surface area contributed by atoms with Crippen LogP contribution in [0.25, 0.3) is 21.8 Å². The number of fused-ring (bicyclic) bond motifs is 2. The molecule has 1 heterocycles. The highest BCUT2D eigenvalue weighted by molar-refractivity contribution is 5.94. The van der Waals surface area contributed by atoms with Crippen molar-refractivity contribution < 1.29 is 14.3 Å². The molecule has 0 radical (unpaired) electrons. The van der Waals surface area contributed by atoms with Crippen LogP contribution < -0.4 is 5.43 Å². The molecular weight excluding hydrogens is 380 g/mol. The number of ether oxygens (including phenoxy) is 1. The predicted molar refractivity (Wildman–Crippen MR) is 116 cm³/mol. The smallest absolute Gasteiger partial charge is 0.307 e. The van der Waals surface area contributed by atoms with Gasteiger partial charge in [0.15, 0.2) is 5.43 Å². The third-order valence-corrected chi connectivity index (χ3v) is 5.59. The second-order valence-electron chi connectivity index (χ2n) is 7.79. The predicted octanol–water partition coefficient (Wildman–Crippen LogP) is 3.35. The summed E-state index contributed by atoms with van der Waals surface area (Å²) in [6, 6.07) is 14.8. The molecule has 0 unspecified atom stereocenters. The third-order valence-electron chi connectivity index (χ3n) is 5.59. The molecule has 156 valence electrons. The molecule has 2 aromatic carbocycles. The number of hydrogen-bond donors (Lipinski definition) is 0. The molecular formula is C24H26N2O4. The zero-order chi connectivity index (χ0) is 21.1. The lowest BCUT2D eigenvalue weighted by Crippen LogP contribution is -2.37. The van der Waals surface area contributed by atoms with E-state index >= 15 is 0 Å². The van der Waals surface area contributed by atoms with Crippen LogP contribution in [0.5, 0.6) is 0 Å². The number of pyridine rings is 1. The maximum Gasteiger partial charge on any atom is 0.307 e. The summed E-state index contributed by atoms with van der Waals surface area (Å²) in [4.78, 5) is 39.8. The Morgan fingerprint density at radius 3 is 2.20 bits per heavy atom. The number of carbonyl (C=O) groups is 2. The fraction of sp³-hybridized carbons (Fsp3) is 0.375. The van der Waals surface area contributed by atoms with Gasteiger partial charge in [-0.05, 0) is 49.9 Å². The zero-order valence-electron chi connectivity index (χ0n) is 17.2. The lowest BCUT2D eigenvalue weighted by atomic mass is 10.1. The van der Waals surface area contributed by atoms with Gasteiger partial charge in [-0.15, -0.1) is 0 Å². The molecule has 1 fully saturated rings. The Labute approximate surface area is 175 Å². The molecule has 30 heavy (non-hydrogen) atoms. The van der Waals surface area contributed by atoms with Gasteiger partial charge < -0.3 is 14.2 Å². The summed E-state index contributed by atoms with van der Waals surface area (Å²) in [6.07, 6.45) is 2.43. The van der Waals surface area contributed by atoms with Crippen LogP contribution in [0.15, 0.2) is 53.3 Å². The van der Waals surface area contributed by atoms with Crippen molar-refractivity contribution in [2.75, 3.05) is 19.7 Å². The Kier molecular flexibility index (Phi) is 5.84. The summed E-state index contributed by atoms with van der Waals surface area (Å²) in [5.74, 6) is 0.175. The number of amides is 1. The van der Waals surface area contributed by atoms with Gasteiger partial charge in [0.2, 0.25) is 5.91 Å². The van der Waals surface area contributed by atoms with Gasteiger partial charge >= 0.3 is 5.97 Å². The molecule has 1 aliphatic rings. The summed E-state index contributed by atoms with van der Waals surface area (Å²) in [6.45, 7) is 3.25. The molecule has 1 saturated carbocycles. The average molecular weight is 406 g/mol. The standard InChI is InChI=1S/C24H26N2O4/c1-2-30-23(28)13-14-25(15-17-11-12-17)22(27)16-26-20-9-5-3-7-18(20)24(29)19-8-4-6-10-21(19)26/h3-10,17H,2,11-16H2,1H3. The average Bonchev–Trinajstić information content (AvgIpc) is 3.58. The molecule has 0 atom stereocenters. The quantitative estimate of drug-likeness (QED) is 0.425. The van der Waals surface area contributed by atoms with E-state index in [1.807, 2.05) is 41.0 Å². The first-order valence-electron chi connectivity index (χ1n) is 10.5. The van der Waals surface area contributed by atoms with Crippen LogP contribution >= 0.6 is 0 Å². The summed E-state index contributed by atoms with van der Waals surface area (Å²) >= 11 is 0. The Hall–Kier alpha value is -3.15. The van der Waals surface area contributed by atoms with E-state index in [9.17, 15) is 14.4 Å². The molecule has 4 rings (SSSR count). The summed E-state index contributed by atoms with van der Waals surface area (Å²) in [5.41, 5.74) is 1.46. The lowest BCUT2D eigenvalue weighted by Gasteiger charge is -2.24. The van der Waals surface area contributed by atoms with Gasteiger partial charge in [-0.1, -0.05) is 24.3 Å². The van der Waals surface area contributed by atoms with Crippen molar-refractivity contribution in [1.29, 1.82) is 0 Å². The molecule has 0 aliphatic heterocycles. The number of esters is 1. The van der Waals surface area contributed by atoms with Crippen LogP contribution in [-0.2, 0) is 20.9 Å². The first-order chi connectivity index (χ1) is 14.6. The maximum atomic E-state index is 13.3. The van der Waals surface area contributed by atoms with Crippen molar-refractivity contribution in [3.63, 3.8) is 0 Å². The Balaban J connectivity index is 1.67. The van der Waals surface area contributed by atoms with E-state index < -0.39 is 0 Å². The number of para-hydroxylation sites is 2. The molecule has 6 heteroatoms. The third kappa shape index (κ3) is 4.22. The Bertz CT molecular complexity index is 1090. The van der Waals surface area contributed by atoms with Crippen molar-refractivity contribution in [1.82, 2.24) is 9.47 Å². The molecule has 3 aromatic rings. The van der Waals surface area contributed by atoms with E-state index in [4.69, 9.17) is 4.74 Å². The molecule has 0 saturated heterocycles. The van der Waals surface area contributed by atoms with Crippen molar-refractivity contribution >= 4 is 33.7 Å². The van der Waals surface area contributed by atoms with E-state index in [1.54, 1.807) is 24.0 Å². The van der Waals surface area contributed by atoms with Gasteiger partial charge in [-0.2, -0.15) is 0 Å². The van der Waals surface area contributed by atoms with E-state index in [2.05, 4.69) is 0 Å². The number of rotatable bonds is 8. The summed E-state index contributed by atoms with van der Waals surface area (Å²) in [5, 5.41) is 1.20. The van der Waals surface area contributed by atoms with Crippen LogP contribution in [0.2, 0.25) is 0 Å². The fourth-order valence-corrected chi connectivity index (χ4v) is 3.87. The van der Waals surface area contributed by atoms with Crippen LogP contribution in [0.4, 0.5) is 0 Å². The SMILES string of the molecule is CCOC(=O)CCN(CC1CC1)C(=O)Cn1c2ccccc2c(=O)c2ccccc21. The van der Waals surface area contributed by atoms with Crippen LogP contribution in [0.1, 0.15) is 26.2 Å². The molecule has 0 spiro atoms. The number of benzene rings is 2. The lowest BCUT2D eigenvalue weighted by molar-refractivity contribution is -0.144. The van der Waals surface area contributed by atoms with Gasteiger partial charge in [-0.25, -0.2) is 0 Å². The minimum Gasteiger partial charge on any atom is -0.466 e. The second kappa shape index (κ2) is 8.69. The Morgan fingerprint density at radius 2 is 1.63 bits per heavy atom. The fourth-order valence-electron chi connectivity index (χ4n) is 3.87. The minimum atomic E-state index is -0.287. The highest BCUT2D eigenvalue weighted by Gasteiger charge is 2.27. The molecule has 1 aromatic heterocycles. The summed E-state index contributed by atoms with van der Waals surface area (Å²) in [7, 11) is 0. The number of hydrogen-bond acceptors (Lipinski definition) is 4. The van der Waals surface area contributed by atoms with Gasteiger partial charge in [0.25, 0.3) is 0 Å². The van der Waals surface area contributed by atoms with Gasteiger partial charge in [0, 0.05) is 23.9 Å². The van der Waals surface area contributed by atoms with Crippen molar-refractivity contribution in [2.45, 2.75) is 32.7 Å². The summed E-state index contributed by atoms with van der Waals surface area (Å²) < 4.78 is 6.94. The van der Waals surface area contributed by atoms with Crippen molar-refractivity contribution in [2.24, 2.45) is 5.92 Å². The minimum absolute atomic E-state index is 0.0259. The molecule has 1 aliphatic carbocycles. The highest BCUT2D eigenvalue weighted by atomic mass is 16.5. The second-order valence-corrected chi connectivity index (χ2v) is 7.79. The van der Waals surface area contributed by atoms with Crippen LogP contribution in [0, 0.1) is 5.92 Å². The molecule has 1 amide bonds. The maximum absolute atomic E-state index is 13.3. The Morgan fingerprint density at radius 1 is 1.03 bits per heavy atom. The molecule has 6 nitrogen and oxygen atoms in total. The first kappa shape index (κ1) is 20.1. The first-order valence-corrected chi connectivity index (χ1v) is 10.5. The van der Waals surface area contributed by atoms with Gasteiger partial charge in [0.1, 0.15) is 6.54 Å². The highest BCUT2D eigenvalue weighted by Crippen LogP contribution is 2.30. The van der Waals surface area contributed by atoms with E-state index in [0.29, 0.717) is 36.4 Å². The topological polar surface area (TPSA) is 68.6 Å². The van der Waals surface area contributed by atoms with Gasteiger partial charge in [0.05, 0.1) is 24.1 Å². The normalized spacial score (nSPS) is 13.5. The van der Waals surface area contributed by atoms with E-state index in [0.717, 1.165) is 23.9 Å². The van der Waals surface area contributed by atoms with Crippen molar-refractivity contribution in [3.8, 4) is 0 Å². The van der Waals surface area contributed by atoms with E-state index in [-0.39, 0.29) is 30.3 Å². The van der Waals surface area contributed by atoms with Crippen LogP contribution in [0.3, 0.4) is 0 Å².